The molecule has 4 rings (SSSR count). The predicted octanol–water partition coefficient (Wildman–Crippen LogP) is 7.07. The van der Waals surface area contributed by atoms with E-state index in [9.17, 15) is 44.3 Å². The van der Waals surface area contributed by atoms with Crippen molar-refractivity contribution in [3.05, 3.63) is 58.3 Å². The number of amides is 1. The van der Waals surface area contributed by atoms with Gasteiger partial charge in [-0.15, -0.1) is 0 Å². The van der Waals surface area contributed by atoms with E-state index in [-0.39, 0.29) is 17.4 Å². The quantitative estimate of drug-likeness (QED) is 0.350. The Morgan fingerprint density at radius 2 is 1.57 bits per heavy atom. The topological polar surface area (TPSA) is 72.9 Å². The summed E-state index contributed by atoms with van der Waals surface area (Å²) in [6.07, 6.45) is -15.6. The van der Waals surface area contributed by atoms with E-state index in [1.165, 1.54) is 14.0 Å². The summed E-state index contributed by atoms with van der Waals surface area (Å²) in [4.78, 5) is 17.0. The maximum atomic E-state index is 13.2. The molecule has 0 bridgehead atoms. The Kier molecular flexibility index (Phi) is 10.2. The fourth-order valence-electron chi connectivity index (χ4n) is 4.38. The highest BCUT2D eigenvalue weighted by Gasteiger charge is 2.43. The number of carbonyl (C=O) groups excluding carboxylic acids is 1. The van der Waals surface area contributed by atoms with Crippen molar-refractivity contribution >= 4 is 11.9 Å². The number of alkyl halides is 9. The normalized spacial score (nSPS) is 21.2. The van der Waals surface area contributed by atoms with Crippen molar-refractivity contribution in [1.82, 2.24) is 9.88 Å². The van der Waals surface area contributed by atoms with Gasteiger partial charge in [-0.3, -0.25) is 4.90 Å². The molecular formula is C26H28F9N3O4. The second-order valence-corrected chi connectivity index (χ2v) is 9.43. The van der Waals surface area contributed by atoms with Crippen molar-refractivity contribution in [3.8, 4) is 0 Å². The van der Waals surface area contributed by atoms with E-state index in [0.717, 1.165) is 37.2 Å². The van der Waals surface area contributed by atoms with Gasteiger partial charge >= 0.3 is 24.6 Å². The number of cyclic esters (lactones) is 1. The van der Waals surface area contributed by atoms with Gasteiger partial charge in [0.25, 0.3) is 0 Å². The van der Waals surface area contributed by atoms with Gasteiger partial charge in [0.05, 0.1) is 42.0 Å². The van der Waals surface area contributed by atoms with Crippen LogP contribution in [0.2, 0.25) is 0 Å². The number of hydrogen-bond donors (Lipinski definition) is 1. The molecule has 0 radical (unpaired) electrons. The molecule has 234 valence electrons. The number of carbonyl (C=O) groups is 1. The van der Waals surface area contributed by atoms with Crippen LogP contribution in [0.25, 0.3) is 0 Å². The average molecular weight is 618 g/mol. The first-order valence-electron chi connectivity index (χ1n) is 12.7. The fraction of sp³-hybridized carbons (Fsp3) is 0.538. The molecule has 1 amide bonds. The van der Waals surface area contributed by atoms with Crippen LogP contribution < -0.4 is 5.32 Å². The largest absolute Gasteiger partial charge is 0.439 e. The van der Waals surface area contributed by atoms with Crippen LogP contribution in [-0.2, 0) is 39.3 Å². The molecule has 3 atom stereocenters. The van der Waals surface area contributed by atoms with Crippen LogP contribution in [0.15, 0.2) is 30.5 Å². The van der Waals surface area contributed by atoms with Crippen LogP contribution in [0.5, 0.6) is 0 Å². The first-order valence-corrected chi connectivity index (χ1v) is 12.7. The van der Waals surface area contributed by atoms with Crippen molar-refractivity contribution in [2.75, 3.05) is 32.2 Å². The Morgan fingerprint density at radius 1 is 0.976 bits per heavy atom. The van der Waals surface area contributed by atoms with Gasteiger partial charge < -0.3 is 19.5 Å². The Morgan fingerprint density at radius 3 is 2.05 bits per heavy atom. The van der Waals surface area contributed by atoms with Crippen LogP contribution in [0.4, 0.5) is 50.1 Å². The lowest BCUT2D eigenvalue weighted by Gasteiger charge is -2.23. The molecule has 3 heterocycles. The van der Waals surface area contributed by atoms with Crippen molar-refractivity contribution in [2.24, 2.45) is 0 Å². The number of halogens is 9. The summed E-state index contributed by atoms with van der Waals surface area (Å²) in [6, 6.07) is 0.445. The molecule has 1 N–H and O–H groups in total. The highest BCUT2D eigenvalue weighted by atomic mass is 19.4. The molecule has 16 heteroatoms. The summed E-state index contributed by atoms with van der Waals surface area (Å²) in [6.45, 7) is 5.31. The molecule has 2 aliphatic heterocycles. The average Bonchev–Trinajstić information content (AvgIpc) is 3.51. The van der Waals surface area contributed by atoms with Crippen LogP contribution in [0.3, 0.4) is 0 Å². The van der Waals surface area contributed by atoms with Crippen molar-refractivity contribution in [2.45, 2.75) is 63.6 Å². The van der Waals surface area contributed by atoms with Crippen LogP contribution in [0, 0.1) is 0 Å². The number of benzene rings is 1. The Bertz CT molecular complexity index is 1200. The minimum absolute atomic E-state index is 0.00474. The molecule has 7 nitrogen and oxygen atoms in total. The number of rotatable bonds is 6. The minimum Gasteiger partial charge on any atom is -0.439 e. The first kappa shape index (κ1) is 33.2. The number of pyridine rings is 1. The number of aromatic nitrogens is 1. The standard InChI is InChI=1S/C20H16F9N3O2.C6H12O2/c1-9-15(10-3-12(18(21,22)23)6-13(4-10)19(24,25)26)34-17(33)32(9)8-11-5-14(20(27,28)29)7-31-16(11)30-2;1-2-8-6-3-4-7-5-6/h3-7,9,15H,8H2,1-2H3,(H,30,31);6H,2-5H2,1H3. The summed E-state index contributed by atoms with van der Waals surface area (Å²) in [5.41, 5.74) is -4.91. The molecule has 0 aliphatic carbocycles. The minimum atomic E-state index is -5.10. The Balaban J connectivity index is 0.000000521. The lowest BCUT2D eigenvalue weighted by Crippen LogP contribution is -2.32. The summed E-state index contributed by atoms with van der Waals surface area (Å²) in [5, 5.41) is 2.56. The lowest BCUT2D eigenvalue weighted by molar-refractivity contribution is -0.143. The SMILES string of the molecule is CCOC1CCOC1.CNc1ncc(C(F)(F)F)cc1CN1C(=O)OC(c2cc(C(F)(F)F)cc(C(F)(F)F)c2)C1C. The number of nitrogens with zero attached hydrogens (tertiary/aromatic N) is 2. The maximum absolute atomic E-state index is 13.2. The Hall–Kier alpha value is -3.27. The zero-order valence-corrected chi connectivity index (χ0v) is 22.6. The van der Waals surface area contributed by atoms with Gasteiger partial charge in [-0.05, 0) is 50.1 Å². The molecule has 0 spiro atoms. The van der Waals surface area contributed by atoms with E-state index in [4.69, 9.17) is 14.2 Å². The summed E-state index contributed by atoms with van der Waals surface area (Å²) >= 11 is 0. The second kappa shape index (κ2) is 12.9. The van der Waals surface area contributed by atoms with Crippen molar-refractivity contribution in [3.63, 3.8) is 0 Å². The van der Waals surface area contributed by atoms with E-state index in [1.54, 1.807) is 0 Å². The molecule has 1 aromatic heterocycles. The zero-order chi connectivity index (χ0) is 31.5. The molecule has 2 aliphatic rings. The Labute approximate surface area is 234 Å². The summed E-state index contributed by atoms with van der Waals surface area (Å²) in [5.74, 6) is -0.00474. The second-order valence-electron chi connectivity index (χ2n) is 9.43. The lowest BCUT2D eigenvalue weighted by atomic mass is 9.97. The van der Waals surface area contributed by atoms with Crippen LogP contribution >= 0.6 is 0 Å². The third-order valence-electron chi connectivity index (χ3n) is 6.49. The third kappa shape index (κ3) is 8.18. The van der Waals surface area contributed by atoms with Crippen molar-refractivity contribution in [1.29, 1.82) is 0 Å². The van der Waals surface area contributed by atoms with Gasteiger partial charge in [-0.1, -0.05) is 0 Å². The third-order valence-corrected chi connectivity index (χ3v) is 6.49. The predicted molar refractivity (Wildman–Crippen MR) is 130 cm³/mol. The summed E-state index contributed by atoms with van der Waals surface area (Å²) in [7, 11) is 1.37. The van der Waals surface area contributed by atoms with Gasteiger partial charge in [0.1, 0.15) is 11.9 Å². The monoisotopic (exact) mass is 617 g/mol. The van der Waals surface area contributed by atoms with Gasteiger partial charge in [0.15, 0.2) is 0 Å². The summed E-state index contributed by atoms with van der Waals surface area (Å²) < 4.78 is 134. The van der Waals surface area contributed by atoms with E-state index < -0.39 is 65.6 Å². The van der Waals surface area contributed by atoms with E-state index >= 15 is 0 Å². The highest BCUT2D eigenvalue weighted by Crippen LogP contribution is 2.41. The van der Waals surface area contributed by atoms with E-state index in [1.807, 2.05) is 6.92 Å². The van der Waals surface area contributed by atoms with Crippen molar-refractivity contribution < 1.29 is 58.5 Å². The van der Waals surface area contributed by atoms with Gasteiger partial charge in [0, 0.05) is 32.0 Å². The molecular weight excluding hydrogens is 589 g/mol. The molecule has 2 saturated heterocycles. The molecule has 0 saturated carbocycles. The van der Waals surface area contributed by atoms with E-state index in [0.29, 0.717) is 24.4 Å². The molecule has 1 aromatic carbocycles. The number of anilines is 1. The molecule has 2 fully saturated rings. The van der Waals surface area contributed by atoms with E-state index in [2.05, 4.69) is 10.3 Å². The smallest absolute Gasteiger partial charge is 0.417 e. The molecule has 3 unspecified atom stereocenters. The fourth-order valence-corrected chi connectivity index (χ4v) is 4.38. The van der Waals surface area contributed by atoms with Crippen LogP contribution in [-0.4, -0.2) is 55.0 Å². The number of hydrogen-bond acceptors (Lipinski definition) is 6. The maximum Gasteiger partial charge on any atom is 0.417 e. The van der Waals surface area contributed by atoms with Gasteiger partial charge in [-0.2, -0.15) is 39.5 Å². The van der Waals surface area contributed by atoms with Gasteiger partial charge in [0.2, 0.25) is 0 Å². The zero-order valence-electron chi connectivity index (χ0n) is 22.6. The molecule has 42 heavy (non-hydrogen) atoms. The number of ether oxygens (including phenoxy) is 3. The van der Waals surface area contributed by atoms with Crippen LogP contribution in [0.1, 0.15) is 54.2 Å². The molecule has 2 aromatic rings. The highest BCUT2D eigenvalue weighted by molar-refractivity contribution is 5.71. The number of nitrogens with one attached hydrogen (secondary N) is 1. The first-order chi connectivity index (χ1) is 19.5. The van der Waals surface area contributed by atoms with Gasteiger partial charge in [-0.25, -0.2) is 9.78 Å².